The second kappa shape index (κ2) is 13.5. The number of aromatic nitrogens is 2. The van der Waals surface area contributed by atoms with Crippen LogP contribution in [0.2, 0.25) is 0 Å². The molecule has 0 bridgehead atoms. The molecule has 0 aliphatic carbocycles. The van der Waals surface area contributed by atoms with Crippen molar-refractivity contribution in [2.24, 2.45) is 5.73 Å². The molecule has 4 rings (SSSR count). The molecule has 1 unspecified atom stereocenters. The quantitative estimate of drug-likeness (QED) is 0.172. The fourth-order valence-electron chi connectivity index (χ4n) is 4.64. The van der Waals surface area contributed by atoms with Gasteiger partial charge in [0, 0.05) is 61.3 Å². The minimum absolute atomic E-state index is 0.0146. The van der Waals surface area contributed by atoms with Crippen LogP contribution < -0.4 is 16.0 Å². The van der Waals surface area contributed by atoms with Crippen molar-refractivity contribution in [1.82, 2.24) is 14.9 Å². The lowest BCUT2D eigenvalue weighted by molar-refractivity contribution is -0.117. The Morgan fingerprint density at radius 3 is 2.47 bits per heavy atom. The molecule has 0 aliphatic heterocycles. The van der Waals surface area contributed by atoms with Gasteiger partial charge in [-0.25, -0.2) is 4.98 Å². The predicted octanol–water partition coefficient (Wildman–Crippen LogP) is 4.09. The second-order valence-electron chi connectivity index (χ2n) is 9.15. The van der Waals surface area contributed by atoms with Gasteiger partial charge < -0.3 is 30.7 Å². The number of hydrogen-bond donors (Lipinski definition) is 4. The number of hydrogen-bond acceptors (Lipinski definition) is 8. The average molecular weight is 601 g/mol. The number of fused-ring (bicyclic) bond motifs is 1. The Hall–Kier alpha value is -2.60. The van der Waals surface area contributed by atoms with Gasteiger partial charge in [0.15, 0.2) is 0 Å². The van der Waals surface area contributed by atoms with Crippen molar-refractivity contribution in [3.8, 4) is 11.4 Å². The summed E-state index contributed by atoms with van der Waals surface area (Å²) >= 11 is 5.19. The Labute approximate surface area is 235 Å². The number of carbonyl (C=O) groups excluding carboxylic acids is 1. The maximum absolute atomic E-state index is 12.1. The Morgan fingerprint density at radius 1 is 1.13 bits per heavy atom. The van der Waals surface area contributed by atoms with Crippen LogP contribution in [0, 0.1) is 0 Å². The highest BCUT2D eigenvalue weighted by molar-refractivity contribution is 9.11. The van der Waals surface area contributed by atoms with Crippen LogP contribution in [0.1, 0.15) is 29.8 Å². The number of aliphatic hydroxyl groups is 2. The SMILES string of the molecule is CC(=O)CC(NCc1ccc(Br)s1)c1ccc2c(c1)nc(-c1ccc(N(CCO)CCO)cc1)n2CCN. The summed E-state index contributed by atoms with van der Waals surface area (Å²) in [5.41, 5.74) is 10.7. The third kappa shape index (κ3) is 6.88. The zero-order chi connectivity index (χ0) is 27.1. The Bertz CT molecular complexity index is 1350. The summed E-state index contributed by atoms with van der Waals surface area (Å²) in [6, 6.07) is 18.2. The monoisotopic (exact) mass is 599 g/mol. The van der Waals surface area contributed by atoms with Crippen molar-refractivity contribution in [3.63, 3.8) is 0 Å². The van der Waals surface area contributed by atoms with Crippen LogP contribution in [0.25, 0.3) is 22.4 Å². The fourth-order valence-corrected chi connectivity index (χ4v) is 6.07. The van der Waals surface area contributed by atoms with Gasteiger partial charge in [-0.05, 0) is 76.9 Å². The van der Waals surface area contributed by atoms with Gasteiger partial charge in [0.1, 0.15) is 11.6 Å². The van der Waals surface area contributed by atoms with Crippen LogP contribution in [0.15, 0.2) is 58.4 Å². The summed E-state index contributed by atoms with van der Waals surface area (Å²) in [6.45, 7) is 4.33. The van der Waals surface area contributed by atoms with Crippen LogP contribution in [-0.2, 0) is 17.9 Å². The third-order valence-electron chi connectivity index (χ3n) is 6.40. The van der Waals surface area contributed by atoms with Crippen molar-refractivity contribution in [2.45, 2.75) is 32.5 Å². The van der Waals surface area contributed by atoms with Gasteiger partial charge in [-0.1, -0.05) is 6.07 Å². The van der Waals surface area contributed by atoms with Gasteiger partial charge in [-0.3, -0.25) is 4.79 Å². The lowest BCUT2D eigenvalue weighted by atomic mass is 10.0. The first-order valence-corrected chi connectivity index (χ1v) is 14.3. The summed E-state index contributed by atoms with van der Waals surface area (Å²) in [5, 5.41) is 22.3. The highest BCUT2D eigenvalue weighted by Gasteiger charge is 2.18. The zero-order valence-corrected chi connectivity index (χ0v) is 23.8. The molecule has 0 fully saturated rings. The molecule has 0 aliphatic rings. The molecular formula is C28H34BrN5O3S. The standard InChI is InChI=1S/C28H34BrN5O3S/c1-19(37)16-24(31-18-23-7-9-27(29)38-23)21-4-8-26-25(17-21)32-28(34(26)11-10-30)20-2-5-22(6-3-20)33(12-14-35)13-15-36/h2-9,17,24,31,35-36H,10-16,18,30H2,1H3. The van der Waals surface area contributed by atoms with Crippen LogP contribution in [0.5, 0.6) is 0 Å². The Balaban J connectivity index is 1.65. The number of Topliss-reactive ketones (excluding diaryl/α,β-unsaturated/α-hetero) is 1. The van der Waals surface area contributed by atoms with E-state index in [0.29, 0.717) is 39.1 Å². The maximum atomic E-state index is 12.1. The first-order chi connectivity index (χ1) is 18.4. The summed E-state index contributed by atoms with van der Waals surface area (Å²) < 4.78 is 3.21. The van der Waals surface area contributed by atoms with Crippen LogP contribution in [0.3, 0.4) is 0 Å². The molecule has 1 atom stereocenters. The maximum Gasteiger partial charge on any atom is 0.141 e. The van der Waals surface area contributed by atoms with Crippen LogP contribution >= 0.6 is 27.3 Å². The van der Waals surface area contributed by atoms with Gasteiger partial charge >= 0.3 is 0 Å². The molecule has 2 aromatic carbocycles. The number of rotatable bonds is 14. The first kappa shape index (κ1) is 28.4. The number of imidazole rings is 1. The predicted molar refractivity (Wildman–Crippen MR) is 158 cm³/mol. The fraction of sp³-hybridized carbons (Fsp3) is 0.357. The molecule has 10 heteroatoms. The normalized spacial score (nSPS) is 12.2. The molecule has 0 saturated carbocycles. The van der Waals surface area contributed by atoms with Gasteiger partial charge in [0.2, 0.25) is 0 Å². The first-order valence-electron chi connectivity index (χ1n) is 12.7. The van der Waals surface area contributed by atoms with E-state index in [2.05, 4.69) is 50.1 Å². The Morgan fingerprint density at radius 2 is 1.87 bits per heavy atom. The average Bonchev–Trinajstić information content (AvgIpc) is 3.49. The van der Waals surface area contributed by atoms with E-state index < -0.39 is 0 Å². The third-order valence-corrected chi connectivity index (χ3v) is 8.02. The summed E-state index contributed by atoms with van der Waals surface area (Å²) in [7, 11) is 0. The second-order valence-corrected chi connectivity index (χ2v) is 11.7. The number of thiophene rings is 1. The molecule has 0 radical (unpaired) electrons. The van der Waals surface area contributed by atoms with Crippen LogP contribution in [0.4, 0.5) is 5.69 Å². The molecule has 202 valence electrons. The minimum atomic E-state index is -0.121. The number of benzene rings is 2. The highest BCUT2D eigenvalue weighted by atomic mass is 79.9. The number of nitrogens with zero attached hydrogens (tertiary/aromatic N) is 3. The molecule has 38 heavy (non-hydrogen) atoms. The smallest absolute Gasteiger partial charge is 0.141 e. The van der Waals surface area contributed by atoms with Gasteiger partial charge in [0.25, 0.3) is 0 Å². The molecule has 2 heterocycles. The van der Waals surface area contributed by atoms with Crippen molar-refractivity contribution < 1.29 is 15.0 Å². The van der Waals surface area contributed by atoms with E-state index >= 15 is 0 Å². The largest absolute Gasteiger partial charge is 0.395 e. The number of anilines is 1. The summed E-state index contributed by atoms with van der Waals surface area (Å²) in [4.78, 5) is 20.2. The molecule has 8 nitrogen and oxygen atoms in total. The molecule has 0 spiro atoms. The lowest BCUT2D eigenvalue weighted by Crippen LogP contribution is -2.29. The number of nitrogens with one attached hydrogen (secondary N) is 1. The van der Waals surface area contributed by atoms with Crippen molar-refractivity contribution >= 4 is 49.8 Å². The van der Waals surface area contributed by atoms with Gasteiger partial charge in [-0.15, -0.1) is 11.3 Å². The van der Waals surface area contributed by atoms with Crippen molar-refractivity contribution in [2.75, 3.05) is 37.7 Å². The topological polar surface area (TPSA) is 117 Å². The molecular weight excluding hydrogens is 566 g/mol. The highest BCUT2D eigenvalue weighted by Crippen LogP contribution is 2.30. The lowest BCUT2D eigenvalue weighted by Gasteiger charge is -2.23. The zero-order valence-electron chi connectivity index (χ0n) is 21.4. The molecule has 4 aromatic rings. The summed E-state index contributed by atoms with van der Waals surface area (Å²) in [6.07, 6.45) is 0.397. The van der Waals surface area contributed by atoms with E-state index in [4.69, 9.17) is 10.7 Å². The van der Waals surface area contributed by atoms with Crippen LogP contribution in [-0.4, -0.2) is 58.4 Å². The van der Waals surface area contributed by atoms with E-state index in [9.17, 15) is 15.0 Å². The van der Waals surface area contributed by atoms with Crippen molar-refractivity contribution in [3.05, 3.63) is 68.8 Å². The Kier molecular flexibility index (Phi) is 10.1. The van der Waals surface area contributed by atoms with E-state index in [1.54, 1.807) is 18.3 Å². The number of ketones is 1. The minimum Gasteiger partial charge on any atom is -0.395 e. The summed E-state index contributed by atoms with van der Waals surface area (Å²) in [5.74, 6) is 0.949. The van der Waals surface area contributed by atoms with Crippen molar-refractivity contribution in [1.29, 1.82) is 0 Å². The number of halogens is 1. The number of aliphatic hydroxyl groups excluding tert-OH is 2. The molecule has 0 saturated heterocycles. The number of nitrogens with two attached hydrogens (primary N) is 1. The van der Waals surface area contributed by atoms with E-state index in [1.807, 2.05) is 35.2 Å². The van der Waals surface area contributed by atoms with Gasteiger partial charge in [0.05, 0.1) is 28.0 Å². The number of carbonyl (C=O) groups is 1. The molecule has 5 N–H and O–H groups in total. The van der Waals surface area contributed by atoms with Gasteiger partial charge in [-0.2, -0.15) is 0 Å². The molecule has 0 amide bonds. The van der Waals surface area contributed by atoms with E-state index in [1.165, 1.54) is 4.88 Å². The van der Waals surface area contributed by atoms with E-state index in [0.717, 1.165) is 37.5 Å². The molecule has 2 aromatic heterocycles. The van der Waals surface area contributed by atoms with E-state index in [-0.39, 0.29) is 25.0 Å².